The fraction of sp³-hybridized carbons (Fsp3) is 0.308. The fourth-order valence-corrected chi connectivity index (χ4v) is 1.51. The number of rotatable bonds is 5. The second-order valence-electron chi connectivity index (χ2n) is 4.21. The first-order valence-corrected chi connectivity index (χ1v) is 6.02. The summed E-state index contributed by atoms with van der Waals surface area (Å²) in [5, 5.41) is 6.30. The number of amides is 1. The molecule has 0 saturated carbocycles. The molecule has 2 rings (SSSR count). The lowest BCUT2D eigenvalue weighted by Gasteiger charge is -2.10. The first kappa shape index (κ1) is 14.0. The Hall–Kier alpha value is -2.44. The topological polar surface area (TPSA) is 77.2 Å². The first-order chi connectivity index (χ1) is 9.54. The number of benzene rings is 1. The second kappa shape index (κ2) is 6.14. The van der Waals surface area contributed by atoms with Gasteiger partial charge in [0.1, 0.15) is 17.6 Å². The van der Waals surface area contributed by atoms with E-state index in [1.165, 1.54) is 24.3 Å². The quantitative estimate of drug-likeness (QED) is 0.902. The van der Waals surface area contributed by atoms with Crippen LogP contribution in [0.15, 0.2) is 28.8 Å². The molecule has 1 aromatic heterocycles. The van der Waals surface area contributed by atoms with Gasteiger partial charge >= 0.3 is 0 Å². The van der Waals surface area contributed by atoms with Gasteiger partial charge in [0.15, 0.2) is 12.4 Å². The van der Waals surface area contributed by atoms with Crippen LogP contribution in [0.2, 0.25) is 0 Å². The largest absolute Gasteiger partial charge is 0.484 e. The van der Waals surface area contributed by atoms with Gasteiger partial charge in [-0.05, 0) is 38.1 Å². The third-order valence-corrected chi connectivity index (χ3v) is 2.47. The van der Waals surface area contributed by atoms with Crippen LogP contribution in [0.1, 0.15) is 24.7 Å². The van der Waals surface area contributed by atoms with Gasteiger partial charge < -0.3 is 14.6 Å². The summed E-state index contributed by atoms with van der Waals surface area (Å²) < 4.78 is 22.9. The molecule has 1 heterocycles. The maximum Gasteiger partial charge on any atom is 0.258 e. The van der Waals surface area contributed by atoms with Crippen molar-refractivity contribution in [2.24, 2.45) is 0 Å². The lowest BCUT2D eigenvalue weighted by Crippen LogP contribution is -2.31. The number of aryl methyl sites for hydroxylation is 1. The number of hydrogen-bond donors (Lipinski definition) is 1. The van der Waals surface area contributed by atoms with Crippen LogP contribution >= 0.6 is 0 Å². The minimum absolute atomic E-state index is 0.177. The fourth-order valence-electron chi connectivity index (χ4n) is 1.51. The van der Waals surface area contributed by atoms with Crippen LogP contribution in [0.4, 0.5) is 4.39 Å². The Balaban J connectivity index is 1.82. The van der Waals surface area contributed by atoms with Crippen LogP contribution < -0.4 is 10.1 Å². The molecule has 0 fully saturated rings. The molecule has 0 spiro atoms. The van der Waals surface area contributed by atoms with Gasteiger partial charge in [0.2, 0.25) is 5.89 Å². The molecule has 0 aliphatic carbocycles. The van der Waals surface area contributed by atoms with E-state index < -0.39 is 6.04 Å². The number of aromatic nitrogens is 2. The molecule has 1 atom stereocenters. The summed E-state index contributed by atoms with van der Waals surface area (Å²) in [6, 6.07) is 5.02. The smallest absolute Gasteiger partial charge is 0.258 e. The van der Waals surface area contributed by atoms with Crippen molar-refractivity contribution in [2.45, 2.75) is 19.9 Å². The van der Waals surface area contributed by atoms with E-state index in [9.17, 15) is 9.18 Å². The highest BCUT2D eigenvalue weighted by molar-refractivity contribution is 5.77. The van der Waals surface area contributed by atoms with E-state index in [0.29, 0.717) is 17.5 Å². The molecule has 0 unspecified atom stereocenters. The van der Waals surface area contributed by atoms with Gasteiger partial charge in [0.05, 0.1) is 0 Å². The summed E-state index contributed by atoms with van der Waals surface area (Å²) in [6.07, 6.45) is 0. The Morgan fingerprint density at radius 3 is 2.75 bits per heavy atom. The third kappa shape index (κ3) is 3.78. The van der Waals surface area contributed by atoms with Crippen LogP contribution in [0.25, 0.3) is 0 Å². The molecule has 2 aromatic rings. The summed E-state index contributed by atoms with van der Waals surface area (Å²) in [4.78, 5) is 15.7. The van der Waals surface area contributed by atoms with Crippen molar-refractivity contribution in [2.75, 3.05) is 6.61 Å². The molecule has 1 aromatic carbocycles. The van der Waals surface area contributed by atoms with E-state index in [1.54, 1.807) is 13.8 Å². The van der Waals surface area contributed by atoms with Gasteiger partial charge in [-0.1, -0.05) is 5.16 Å². The molecular weight excluding hydrogens is 265 g/mol. The number of hydrogen-bond acceptors (Lipinski definition) is 5. The predicted molar refractivity (Wildman–Crippen MR) is 67.5 cm³/mol. The maximum absolute atomic E-state index is 12.7. The molecule has 0 bridgehead atoms. The van der Waals surface area contributed by atoms with Crippen LogP contribution in [0, 0.1) is 12.7 Å². The van der Waals surface area contributed by atoms with Crippen molar-refractivity contribution in [1.29, 1.82) is 0 Å². The molecule has 1 N–H and O–H groups in total. The monoisotopic (exact) mass is 279 g/mol. The van der Waals surface area contributed by atoms with Crippen LogP contribution in [-0.2, 0) is 4.79 Å². The Kier molecular flexibility index (Phi) is 4.29. The average molecular weight is 279 g/mol. The first-order valence-electron chi connectivity index (χ1n) is 6.02. The van der Waals surface area contributed by atoms with Gasteiger partial charge in [0.25, 0.3) is 5.91 Å². The zero-order valence-corrected chi connectivity index (χ0v) is 11.1. The van der Waals surface area contributed by atoms with Crippen molar-refractivity contribution in [3.63, 3.8) is 0 Å². The average Bonchev–Trinajstić information content (AvgIpc) is 2.85. The van der Waals surface area contributed by atoms with Gasteiger partial charge in [-0.3, -0.25) is 4.79 Å². The molecule has 1 amide bonds. The highest BCUT2D eigenvalue weighted by Gasteiger charge is 2.15. The molecular formula is C13H14FN3O3. The van der Waals surface area contributed by atoms with Crippen molar-refractivity contribution >= 4 is 5.91 Å². The lowest BCUT2D eigenvalue weighted by atomic mass is 10.3. The Morgan fingerprint density at radius 2 is 2.15 bits per heavy atom. The normalized spacial score (nSPS) is 11.9. The number of nitrogens with zero attached hydrogens (tertiary/aromatic N) is 2. The highest BCUT2D eigenvalue weighted by atomic mass is 19.1. The van der Waals surface area contributed by atoms with E-state index in [-0.39, 0.29) is 18.3 Å². The van der Waals surface area contributed by atoms with Crippen molar-refractivity contribution in [1.82, 2.24) is 15.5 Å². The van der Waals surface area contributed by atoms with Gasteiger partial charge in [-0.25, -0.2) is 4.39 Å². The van der Waals surface area contributed by atoms with Gasteiger partial charge in [-0.15, -0.1) is 0 Å². The van der Waals surface area contributed by atoms with Crippen molar-refractivity contribution < 1.29 is 18.4 Å². The zero-order chi connectivity index (χ0) is 14.5. The molecule has 20 heavy (non-hydrogen) atoms. The standard InChI is InChI=1S/C13H14FN3O3/c1-8(13-16-9(2)17-20-13)15-12(18)7-19-11-5-3-10(14)4-6-11/h3-6,8H,7H2,1-2H3,(H,15,18)/t8-/m1/s1. The van der Waals surface area contributed by atoms with Crippen LogP contribution in [-0.4, -0.2) is 22.7 Å². The number of carbonyl (C=O) groups excluding carboxylic acids is 1. The minimum Gasteiger partial charge on any atom is -0.484 e. The van der Waals surface area contributed by atoms with E-state index in [2.05, 4.69) is 15.5 Å². The molecule has 0 aliphatic heterocycles. The Bertz CT molecular complexity index is 583. The maximum atomic E-state index is 12.7. The molecule has 7 heteroatoms. The molecule has 6 nitrogen and oxygen atoms in total. The number of carbonyl (C=O) groups is 1. The summed E-state index contributed by atoms with van der Waals surface area (Å²) in [7, 11) is 0. The van der Waals surface area contributed by atoms with Crippen molar-refractivity contribution in [3.05, 3.63) is 41.8 Å². The molecule has 0 saturated heterocycles. The molecule has 106 valence electrons. The van der Waals surface area contributed by atoms with E-state index in [1.807, 2.05) is 0 Å². The third-order valence-electron chi connectivity index (χ3n) is 2.47. The predicted octanol–water partition coefficient (Wildman–Crippen LogP) is 1.77. The molecule has 0 radical (unpaired) electrons. The number of nitrogens with one attached hydrogen (secondary N) is 1. The van der Waals surface area contributed by atoms with E-state index in [0.717, 1.165) is 0 Å². The Labute approximate surface area is 114 Å². The zero-order valence-electron chi connectivity index (χ0n) is 11.1. The van der Waals surface area contributed by atoms with E-state index >= 15 is 0 Å². The van der Waals surface area contributed by atoms with Crippen LogP contribution in [0.5, 0.6) is 5.75 Å². The Morgan fingerprint density at radius 1 is 1.45 bits per heavy atom. The SMILES string of the molecule is Cc1noc([C@@H](C)NC(=O)COc2ccc(F)cc2)n1. The molecule has 0 aliphatic rings. The second-order valence-corrected chi connectivity index (χ2v) is 4.21. The highest BCUT2D eigenvalue weighted by Crippen LogP contribution is 2.11. The summed E-state index contributed by atoms with van der Waals surface area (Å²) in [5.41, 5.74) is 0. The van der Waals surface area contributed by atoms with Crippen LogP contribution in [0.3, 0.4) is 0 Å². The van der Waals surface area contributed by atoms with Gasteiger partial charge in [0, 0.05) is 0 Å². The lowest BCUT2D eigenvalue weighted by molar-refractivity contribution is -0.123. The van der Waals surface area contributed by atoms with E-state index in [4.69, 9.17) is 9.26 Å². The number of ether oxygens (including phenoxy) is 1. The number of halogens is 1. The van der Waals surface area contributed by atoms with Gasteiger partial charge in [-0.2, -0.15) is 4.98 Å². The summed E-state index contributed by atoms with van der Waals surface area (Å²) in [5.74, 6) is 0.559. The summed E-state index contributed by atoms with van der Waals surface area (Å²) >= 11 is 0. The van der Waals surface area contributed by atoms with Crippen molar-refractivity contribution in [3.8, 4) is 5.75 Å². The summed E-state index contributed by atoms with van der Waals surface area (Å²) in [6.45, 7) is 3.24. The minimum atomic E-state index is -0.402.